The van der Waals surface area contributed by atoms with Crippen LogP contribution < -0.4 is 5.32 Å². The van der Waals surface area contributed by atoms with Crippen molar-refractivity contribution in [2.24, 2.45) is 0 Å². The van der Waals surface area contributed by atoms with Gasteiger partial charge in [0.1, 0.15) is 11.6 Å². The Hall–Kier alpha value is -4.15. The van der Waals surface area contributed by atoms with Crippen LogP contribution in [0.3, 0.4) is 0 Å². The number of carbonyl (C=O) groups is 2. The number of pyridine rings is 1. The van der Waals surface area contributed by atoms with Crippen molar-refractivity contribution in [2.45, 2.75) is 38.8 Å². The molecule has 0 spiro atoms. The van der Waals surface area contributed by atoms with E-state index in [0.29, 0.717) is 11.1 Å². The zero-order valence-corrected chi connectivity index (χ0v) is 20.5. The number of nitrogens with one attached hydrogen (secondary N) is 1. The summed E-state index contributed by atoms with van der Waals surface area (Å²) in [5.41, 5.74) is 0.970. The third-order valence-corrected chi connectivity index (χ3v) is 5.97. The number of alkyl halides is 5. The number of hydrogen-bond donors (Lipinski definition) is 1. The fraction of sp³-hybridized carbons (Fsp3) is 0.250. The Bertz CT molecular complexity index is 1510. The third-order valence-electron chi connectivity index (χ3n) is 5.97. The maximum absolute atomic E-state index is 13.5. The first kappa shape index (κ1) is 27.9. The number of hydrogen-bond acceptors (Lipinski definition) is 4. The number of furan rings is 1. The lowest BCUT2D eigenvalue weighted by atomic mass is 9.95. The van der Waals surface area contributed by atoms with Gasteiger partial charge < -0.3 is 9.73 Å². The molecule has 0 atom stereocenters. The van der Waals surface area contributed by atoms with Gasteiger partial charge in [-0.1, -0.05) is 19.1 Å². The molecule has 0 unspecified atom stereocenters. The van der Waals surface area contributed by atoms with Crippen LogP contribution in [0.25, 0.3) is 33.6 Å². The zero-order valence-electron chi connectivity index (χ0n) is 20.5. The maximum Gasteiger partial charge on any atom is 0.389 e. The van der Waals surface area contributed by atoms with Crippen LogP contribution in [0.4, 0.5) is 26.3 Å². The molecule has 2 aromatic carbocycles. The molecule has 39 heavy (non-hydrogen) atoms. The number of halogens is 6. The first-order valence-electron chi connectivity index (χ1n) is 12.0. The molecule has 0 fully saturated rings. The number of aromatic nitrogens is 1. The SMILES string of the molecule is CCC(=O)c1c(-c2ccc(F)cc2)oc2nc(CCC(F)(F)F)c(-c3cccc(C(=O)NCC(F)F)c3)cc12. The van der Waals surface area contributed by atoms with E-state index in [1.54, 1.807) is 6.92 Å². The Morgan fingerprint density at radius 2 is 1.74 bits per heavy atom. The molecule has 1 N–H and O–H groups in total. The van der Waals surface area contributed by atoms with Gasteiger partial charge in [0.15, 0.2) is 5.78 Å². The standard InChI is InChI=1S/C28H22F6N2O3/c1-2-22(37)24-20-13-19(16-4-3-5-17(12-16)26(38)35-14-23(30)31)21(10-11-28(32,33)34)36-27(20)39-25(24)15-6-8-18(29)9-7-15/h3-9,12-13,23H,2,10-11,14H2,1H3,(H,35,38). The molecule has 1 amide bonds. The number of fused-ring (bicyclic) bond motifs is 1. The van der Waals surface area contributed by atoms with Crippen molar-refractivity contribution in [1.82, 2.24) is 10.3 Å². The predicted molar refractivity (Wildman–Crippen MR) is 132 cm³/mol. The van der Waals surface area contributed by atoms with E-state index >= 15 is 0 Å². The number of rotatable bonds is 9. The van der Waals surface area contributed by atoms with Crippen molar-refractivity contribution < 1.29 is 40.3 Å². The molecular formula is C28H22F6N2O3. The maximum atomic E-state index is 13.5. The van der Waals surface area contributed by atoms with Crippen molar-refractivity contribution in [3.63, 3.8) is 0 Å². The highest BCUT2D eigenvalue weighted by Gasteiger charge is 2.29. The average molecular weight is 548 g/mol. The molecule has 4 aromatic rings. The Morgan fingerprint density at radius 1 is 1.03 bits per heavy atom. The van der Waals surface area contributed by atoms with E-state index in [4.69, 9.17) is 4.42 Å². The minimum atomic E-state index is -4.49. The molecule has 11 heteroatoms. The van der Waals surface area contributed by atoms with Gasteiger partial charge in [0.05, 0.1) is 23.2 Å². The molecule has 2 aromatic heterocycles. The van der Waals surface area contributed by atoms with E-state index in [9.17, 15) is 35.9 Å². The Balaban J connectivity index is 1.91. The first-order chi connectivity index (χ1) is 18.5. The average Bonchev–Trinajstić information content (AvgIpc) is 3.28. The van der Waals surface area contributed by atoms with Gasteiger partial charge in [-0.05, 0) is 54.4 Å². The number of benzene rings is 2. The number of Topliss-reactive ketones (excluding diaryl/α,β-unsaturated/α-hetero) is 1. The van der Waals surface area contributed by atoms with Crippen LogP contribution in [-0.2, 0) is 6.42 Å². The summed E-state index contributed by atoms with van der Waals surface area (Å²) in [6.07, 6.45) is -8.90. The molecule has 204 valence electrons. The minimum Gasteiger partial charge on any atom is -0.437 e. The highest BCUT2D eigenvalue weighted by atomic mass is 19.4. The van der Waals surface area contributed by atoms with Crippen LogP contribution in [0.1, 0.15) is 46.2 Å². The lowest BCUT2D eigenvalue weighted by molar-refractivity contribution is -0.134. The zero-order chi connectivity index (χ0) is 28.3. The van der Waals surface area contributed by atoms with Crippen molar-refractivity contribution in [2.75, 3.05) is 6.54 Å². The summed E-state index contributed by atoms with van der Waals surface area (Å²) in [5.74, 6) is -1.52. The monoisotopic (exact) mass is 548 g/mol. The molecule has 4 rings (SSSR count). The van der Waals surface area contributed by atoms with Crippen molar-refractivity contribution in [1.29, 1.82) is 0 Å². The highest BCUT2D eigenvalue weighted by molar-refractivity contribution is 6.12. The molecule has 5 nitrogen and oxygen atoms in total. The summed E-state index contributed by atoms with van der Waals surface area (Å²) in [6, 6.07) is 12.4. The lowest BCUT2D eigenvalue weighted by Crippen LogP contribution is -2.28. The van der Waals surface area contributed by atoms with Gasteiger partial charge >= 0.3 is 6.18 Å². The smallest absolute Gasteiger partial charge is 0.389 e. The van der Waals surface area contributed by atoms with Gasteiger partial charge in [-0.15, -0.1) is 0 Å². The van der Waals surface area contributed by atoms with Crippen LogP contribution in [0, 0.1) is 5.82 Å². The van der Waals surface area contributed by atoms with Crippen molar-refractivity contribution >= 4 is 22.8 Å². The first-order valence-corrected chi connectivity index (χ1v) is 12.0. The van der Waals surface area contributed by atoms with Crippen LogP contribution in [-0.4, -0.2) is 35.8 Å². The number of nitrogens with zero attached hydrogens (tertiary/aromatic N) is 1. The van der Waals surface area contributed by atoms with Gasteiger partial charge in [0.25, 0.3) is 12.3 Å². The van der Waals surface area contributed by atoms with Crippen LogP contribution >= 0.6 is 0 Å². The van der Waals surface area contributed by atoms with Crippen molar-refractivity contribution in [3.05, 3.63) is 77.2 Å². The van der Waals surface area contributed by atoms with Crippen LogP contribution in [0.15, 0.2) is 59.0 Å². The fourth-order valence-electron chi connectivity index (χ4n) is 4.12. The molecular weight excluding hydrogens is 526 g/mol. The van der Waals surface area contributed by atoms with E-state index in [0.717, 1.165) is 0 Å². The number of aryl methyl sites for hydroxylation is 1. The van der Waals surface area contributed by atoms with Crippen molar-refractivity contribution in [3.8, 4) is 22.5 Å². The second-order valence-corrected chi connectivity index (χ2v) is 8.72. The molecule has 0 saturated carbocycles. The number of amides is 1. The molecule has 0 radical (unpaired) electrons. The second-order valence-electron chi connectivity index (χ2n) is 8.72. The predicted octanol–water partition coefficient (Wildman–Crippen LogP) is 7.38. The molecule has 0 bridgehead atoms. The largest absolute Gasteiger partial charge is 0.437 e. The summed E-state index contributed by atoms with van der Waals surface area (Å²) in [7, 11) is 0. The summed E-state index contributed by atoms with van der Waals surface area (Å²) in [4.78, 5) is 29.7. The molecule has 0 aliphatic carbocycles. The fourth-order valence-corrected chi connectivity index (χ4v) is 4.12. The topological polar surface area (TPSA) is 72.2 Å². The summed E-state index contributed by atoms with van der Waals surface area (Å²) < 4.78 is 83.9. The molecule has 2 heterocycles. The highest BCUT2D eigenvalue weighted by Crippen LogP contribution is 2.38. The van der Waals surface area contributed by atoms with E-state index in [1.807, 2.05) is 0 Å². The normalized spacial score (nSPS) is 11.8. The number of carbonyl (C=O) groups excluding carboxylic acids is 2. The van der Waals surface area contributed by atoms with E-state index < -0.39 is 43.7 Å². The summed E-state index contributed by atoms with van der Waals surface area (Å²) >= 11 is 0. The van der Waals surface area contributed by atoms with Gasteiger partial charge in [-0.2, -0.15) is 13.2 Å². The van der Waals surface area contributed by atoms with Gasteiger partial charge in [0.2, 0.25) is 5.71 Å². The second kappa shape index (κ2) is 11.3. The quantitative estimate of drug-likeness (QED) is 0.175. The molecule has 0 aliphatic rings. The van der Waals surface area contributed by atoms with Gasteiger partial charge in [-0.3, -0.25) is 9.59 Å². The van der Waals surface area contributed by atoms with Gasteiger partial charge in [0, 0.05) is 29.5 Å². The summed E-state index contributed by atoms with van der Waals surface area (Å²) in [6.45, 7) is 0.764. The van der Waals surface area contributed by atoms with E-state index in [1.165, 1.54) is 54.6 Å². The number of ketones is 1. The Labute approximate surface area is 218 Å². The Morgan fingerprint density at radius 3 is 2.38 bits per heavy atom. The molecule has 0 saturated heterocycles. The summed E-state index contributed by atoms with van der Waals surface area (Å²) in [5, 5.41) is 2.32. The molecule has 0 aliphatic heterocycles. The van der Waals surface area contributed by atoms with Gasteiger partial charge in [-0.25, -0.2) is 18.2 Å². The van der Waals surface area contributed by atoms with E-state index in [-0.39, 0.29) is 51.4 Å². The van der Waals surface area contributed by atoms with Crippen LogP contribution in [0.5, 0.6) is 0 Å². The minimum absolute atomic E-state index is 0.000123. The lowest BCUT2D eigenvalue weighted by Gasteiger charge is -2.12. The van der Waals surface area contributed by atoms with E-state index in [2.05, 4.69) is 10.3 Å². The van der Waals surface area contributed by atoms with Crippen LogP contribution in [0.2, 0.25) is 0 Å². The third kappa shape index (κ3) is 6.47. The Kier molecular flexibility index (Phi) is 8.08.